The smallest absolute Gasteiger partial charge is 0.147 e. The van der Waals surface area contributed by atoms with E-state index >= 15 is 0 Å². The number of aromatic nitrogens is 2. The van der Waals surface area contributed by atoms with E-state index in [2.05, 4.69) is 20.2 Å². The predicted molar refractivity (Wildman–Crippen MR) is 81.9 cm³/mol. The van der Waals surface area contributed by atoms with Crippen molar-refractivity contribution >= 4 is 5.82 Å². The first-order valence-corrected chi connectivity index (χ1v) is 8.00. The van der Waals surface area contributed by atoms with Gasteiger partial charge in [0.05, 0.1) is 11.4 Å². The minimum atomic E-state index is 0.761. The molecule has 0 bridgehead atoms. The number of hydrogen-bond donors (Lipinski definition) is 1. The molecule has 4 nitrogen and oxygen atoms in total. The second-order valence-electron chi connectivity index (χ2n) is 6.41. The maximum absolute atomic E-state index is 4.54. The molecule has 0 spiro atoms. The fourth-order valence-corrected chi connectivity index (χ4v) is 3.58. The zero-order chi connectivity index (χ0) is 13.9. The lowest BCUT2D eigenvalue weighted by atomic mass is 10.1. The summed E-state index contributed by atoms with van der Waals surface area (Å²) in [5.74, 6) is 1.72. The second-order valence-corrected chi connectivity index (χ2v) is 6.41. The molecule has 0 radical (unpaired) electrons. The molecule has 1 aliphatic carbocycles. The Labute approximate surface area is 122 Å². The van der Waals surface area contributed by atoms with Crippen molar-refractivity contribution in [3.8, 4) is 0 Å². The third kappa shape index (κ3) is 3.11. The molecule has 110 valence electrons. The highest BCUT2D eigenvalue weighted by atomic mass is 15.2. The third-order valence-corrected chi connectivity index (χ3v) is 4.79. The van der Waals surface area contributed by atoms with Crippen molar-refractivity contribution in [3.63, 3.8) is 0 Å². The quantitative estimate of drug-likeness (QED) is 0.916. The van der Waals surface area contributed by atoms with Gasteiger partial charge in [-0.1, -0.05) is 12.8 Å². The molecule has 20 heavy (non-hydrogen) atoms. The molecule has 2 fully saturated rings. The third-order valence-electron chi connectivity index (χ3n) is 4.79. The Kier molecular flexibility index (Phi) is 4.20. The van der Waals surface area contributed by atoms with Crippen molar-refractivity contribution in [2.75, 3.05) is 25.0 Å². The Bertz CT molecular complexity index is 454. The van der Waals surface area contributed by atoms with Crippen molar-refractivity contribution in [1.82, 2.24) is 14.9 Å². The molecule has 4 heteroatoms. The van der Waals surface area contributed by atoms with Gasteiger partial charge >= 0.3 is 0 Å². The fourth-order valence-electron chi connectivity index (χ4n) is 3.58. The number of nitrogens with zero attached hydrogens (tertiary/aromatic N) is 3. The summed E-state index contributed by atoms with van der Waals surface area (Å²) in [7, 11) is 0. The average Bonchev–Trinajstić information content (AvgIpc) is 3.09. The van der Waals surface area contributed by atoms with Crippen LogP contribution in [-0.2, 0) is 0 Å². The van der Waals surface area contributed by atoms with Gasteiger partial charge in [-0.25, -0.2) is 4.98 Å². The molecule has 1 aromatic heterocycles. The van der Waals surface area contributed by atoms with Gasteiger partial charge in [-0.05, 0) is 45.6 Å². The van der Waals surface area contributed by atoms with Crippen LogP contribution >= 0.6 is 0 Å². The summed E-state index contributed by atoms with van der Waals surface area (Å²) in [6, 6.07) is 0.875. The van der Waals surface area contributed by atoms with Gasteiger partial charge in [0.15, 0.2) is 0 Å². The molecule has 1 atom stereocenters. The van der Waals surface area contributed by atoms with E-state index in [0.29, 0.717) is 0 Å². The first-order chi connectivity index (χ1) is 9.72. The number of hydrogen-bond acceptors (Lipinski definition) is 4. The molecule has 2 heterocycles. The van der Waals surface area contributed by atoms with Gasteiger partial charge in [0, 0.05) is 25.3 Å². The van der Waals surface area contributed by atoms with Crippen LogP contribution in [0.5, 0.6) is 0 Å². The van der Waals surface area contributed by atoms with Crippen molar-refractivity contribution in [3.05, 3.63) is 17.6 Å². The molecule has 0 unspecified atom stereocenters. The van der Waals surface area contributed by atoms with Crippen LogP contribution in [0.1, 0.15) is 43.5 Å². The van der Waals surface area contributed by atoms with Crippen molar-refractivity contribution < 1.29 is 0 Å². The van der Waals surface area contributed by atoms with Crippen LogP contribution in [0.25, 0.3) is 0 Å². The maximum atomic E-state index is 4.54. The lowest BCUT2D eigenvalue weighted by molar-refractivity contribution is 0.238. The molecule has 2 aliphatic rings. The van der Waals surface area contributed by atoms with E-state index in [9.17, 15) is 0 Å². The number of likely N-dealkylation sites (tertiary alicyclic amines) is 1. The number of aryl methyl sites for hydroxylation is 2. The van der Waals surface area contributed by atoms with Crippen LogP contribution in [-0.4, -0.2) is 40.5 Å². The molecule has 1 saturated heterocycles. The van der Waals surface area contributed by atoms with Gasteiger partial charge in [0.1, 0.15) is 5.82 Å². The van der Waals surface area contributed by atoms with Crippen LogP contribution < -0.4 is 5.32 Å². The molecule has 0 aromatic carbocycles. The highest BCUT2D eigenvalue weighted by Crippen LogP contribution is 2.28. The average molecular weight is 274 g/mol. The summed E-state index contributed by atoms with van der Waals surface area (Å²) >= 11 is 0. The van der Waals surface area contributed by atoms with Crippen LogP contribution in [0, 0.1) is 19.8 Å². The number of anilines is 1. The molecule has 1 aromatic rings. The summed E-state index contributed by atoms with van der Waals surface area (Å²) in [5, 5.41) is 3.51. The Morgan fingerprint density at radius 1 is 1.25 bits per heavy atom. The van der Waals surface area contributed by atoms with E-state index in [1.807, 2.05) is 20.0 Å². The van der Waals surface area contributed by atoms with E-state index < -0.39 is 0 Å². The van der Waals surface area contributed by atoms with Crippen LogP contribution in [0.4, 0.5) is 5.82 Å². The van der Waals surface area contributed by atoms with Crippen molar-refractivity contribution in [2.24, 2.45) is 5.92 Å². The molecule has 3 rings (SSSR count). The van der Waals surface area contributed by atoms with Crippen LogP contribution in [0.3, 0.4) is 0 Å². The summed E-state index contributed by atoms with van der Waals surface area (Å²) in [4.78, 5) is 11.6. The summed E-state index contributed by atoms with van der Waals surface area (Å²) in [6.07, 6.45) is 8.86. The monoisotopic (exact) mass is 274 g/mol. The standard InChI is InChI=1S/C16H26N4/c1-12-9-17-13(2)16(19-12)18-10-14-7-8-20(11-14)15-5-3-4-6-15/h9,14-15H,3-8,10-11H2,1-2H3,(H,18,19)/t14-/m1/s1. The Hall–Kier alpha value is -1.16. The summed E-state index contributed by atoms with van der Waals surface area (Å²) < 4.78 is 0. The van der Waals surface area contributed by atoms with Crippen molar-refractivity contribution in [1.29, 1.82) is 0 Å². The first kappa shape index (κ1) is 13.8. The van der Waals surface area contributed by atoms with Crippen LogP contribution in [0.2, 0.25) is 0 Å². The Morgan fingerprint density at radius 3 is 2.85 bits per heavy atom. The lowest BCUT2D eigenvalue weighted by Gasteiger charge is -2.23. The fraction of sp³-hybridized carbons (Fsp3) is 0.750. The number of rotatable bonds is 4. The minimum absolute atomic E-state index is 0.761. The lowest BCUT2D eigenvalue weighted by Crippen LogP contribution is -2.31. The van der Waals surface area contributed by atoms with Gasteiger partial charge in [0.2, 0.25) is 0 Å². The zero-order valence-electron chi connectivity index (χ0n) is 12.7. The van der Waals surface area contributed by atoms with Gasteiger partial charge in [0.25, 0.3) is 0 Å². The highest BCUT2D eigenvalue weighted by Gasteiger charge is 2.29. The van der Waals surface area contributed by atoms with Gasteiger partial charge < -0.3 is 10.2 Å². The number of nitrogens with one attached hydrogen (secondary N) is 1. The van der Waals surface area contributed by atoms with E-state index in [4.69, 9.17) is 0 Å². The predicted octanol–water partition coefficient (Wildman–Crippen LogP) is 2.77. The van der Waals surface area contributed by atoms with Crippen molar-refractivity contribution in [2.45, 2.75) is 52.0 Å². The van der Waals surface area contributed by atoms with E-state index in [0.717, 1.165) is 35.7 Å². The van der Waals surface area contributed by atoms with Gasteiger partial charge in [-0.2, -0.15) is 0 Å². The van der Waals surface area contributed by atoms with Gasteiger partial charge in [-0.3, -0.25) is 4.98 Å². The molecule has 1 N–H and O–H groups in total. The zero-order valence-corrected chi connectivity index (χ0v) is 12.7. The molecule has 0 amide bonds. The van der Waals surface area contributed by atoms with E-state index in [1.54, 1.807) is 0 Å². The highest BCUT2D eigenvalue weighted by molar-refractivity contribution is 5.39. The minimum Gasteiger partial charge on any atom is -0.368 e. The molecular formula is C16H26N4. The van der Waals surface area contributed by atoms with Crippen LogP contribution in [0.15, 0.2) is 6.20 Å². The summed E-state index contributed by atoms with van der Waals surface area (Å²) in [6.45, 7) is 7.59. The summed E-state index contributed by atoms with van der Waals surface area (Å²) in [5.41, 5.74) is 1.98. The maximum Gasteiger partial charge on any atom is 0.147 e. The molecular weight excluding hydrogens is 248 g/mol. The normalized spacial score (nSPS) is 24.4. The Balaban J connectivity index is 1.50. The Morgan fingerprint density at radius 2 is 2.05 bits per heavy atom. The SMILES string of the molecule is Cc1cnc(C)c(NC[C@H]2CCN(C3CCCC3)C2)n1. The topological polar surface area (TPSA) is 41.1 Å². The largest absolute Gasteiger partial charge is 0.368 e. The molecule has 1 aliphatic heterocycles. The first-order valence-electron chi connectivity index (χ1n) is 8.00. The van der Waals surface area contributed by atoms with E-state index in [-0.39, 0.29) is 0 Å². The second kappa shape index (κ2) is 6.08. The van der Waals surface area contributed by atoms with Gasteiger partial charge in [-0.15, -0.1) is 0 Å². The molecule has 1 saturated carbocycles. The van der Waals surface area contributed by atoms with E-state index in [1.165, 1.54) is 45.2 Å².